The van der Waals surface area contributed by atoms with Gasteiger partial charge in [0.05, 0.1) is 17.3 Å². The molecule has 0 atom stereocenters. The van der Waals surface area contributed by atoms with Gasteiger partial charge in [-0.15, -0.1) is 0 Å². The lowest BCUT2D eigenvalue weighted by Crippen LogP contribution is -2.34. The summed E-state index contributed by atoms with van der Waals surface area (Å²) in [4.78, 5) is 52.5. The summed E-state index contributed by atoms with van der Waals surface area (Å²) < 4.78 is 7.95. The summed E-state index contributed by atoms with van der Waals surface area (Å²) >= 11 is 4.61. The zero-order valence-electron chi connectivity index (χ0n) is 13.7. The van der Waals surface area contributed by atoms with E-state index in [4.69, 9.17) is 4.74 Å². The van der Waals surface area contributed by atoms with Crippen molar-refractivity contribution in [2.45, 2.75) is 19.4 Å². The summed E-state index contributed by atoms with van der Waals surface area (Å²) in [6, 6.07) is 5.47. The molecule has 1 aliphatic rings. The van der Waals surface area contributed by atoms with Crippen molar-refractivity contribution in [3.63, 3.8) is 0 Å². The van der Waals surface area contributed by atoms with Gasteiger partial charge in [-0.05, 0) is 18.2 Å². The number of esters is 1. The second kappa shape index (κ2) is 7.50. The molecule has 136 valence electrons. The molecule has 1 fully saturated rings. The lowest BCUT2D eigenvalue weighted by atomic mass is 10.3. The predicted octanol–water partition coefficient (Wildman–Crippen LogP) is 1.21. The molecule has 2 heterocycles. The highest BCUT2D eigenvalue weighted by Crippen LogP contribution is 2.22. The van der Waals surface area contributed by atoms with Crippen molar-refractivity contribution >= 4 is 61.2 Å². The molecule has 0 unspecified atom stereocenters. The first-order chi connectivity index (χ1) is 12.4. The monoisotopic (exact) mass is 439 g/mol. The number of thiazole rings is 1. The molecule has 0 N–H and O–H groups in total. The quantitative estimate of drug-likeness (QED) is 0.526. The van der Waals surface area contributed by atoms with Crippen molar-refractivity contribution < 1.29 is 23.9 Å². The fraction of sp³-hybridized carbons (Fsp3) is 0.312. The molecule has 3 rings (SSSR count). The van der Waals surface area contributed by atoms with Crippen LogP contribution in [0, 0.1) is 0 Å². The van der Waals surface area contributed by atoms with E-state index < -0.39 is 18.4 Å². The summed E-state index contributed by atoms with van der Waals surface area (Å²) in [7, 11) is 1.28. The molecule has 2 aromatic rings. The van der Waals surface area contributed by atoms with Gasteiger partial charge in [0.15, 0.2) is 4.80 Å². The third kappa shape index (κ3) is 3.75. The van der Waals surface area contributed by atoms with Gasteiger partial charge in [-0.2, -0.15) is 4.99 Å². The topological polar surface area (TPSA) is 98.0 Å². The van der Waals surface area contributed by atoms with E-state index in [9.17, 15) is 19.2 Å². The lowest BCUT2D eigenvalue weighted by Gasteiger charge is -2.10. The third-order valence-electron chi connectivity index (χ3n) is 3.83. The molecule has 1 aromatic carbocycles. The Morgan fingerprint density at radius 3 is 2.58 bits per heavy atom. The highest BCUT2D eigenvalue weighted by Gasteiger charge is 2.30. The lowest BCUT2D eigenvalue weighted by molar-refractivity contribution is -0.142. The SMILES string of the molecule is COC(=O)Cn1c(=NC(=O)CN2C(=O)CCC2=O)sc2cc(Br)ccc21. The second-order valence-electron chi connectivity index (χ2n) is 5.54. The van der Waals surface area contributed by atoms with Gasteiger partial charge in [-0.3, -0.25) is 24.1 Å². The highest BCUT2D eigenvalue weighted by molar-refractivity contribution is 9.10. The van der Waals surface area contributed by atoms with Gasteiger partial charge in [0.1, 0.15) is 13.1 Å². The molecular formula is C16H14BrN3O5S. The van der Waals surface area contributed by atoms with Gasteiger partial charge >= 0.3 is 5.97 Å². The zero-order chi connectivity index (χ0) is 18.8. The van der Waals surface area contributed by atoms with Crippen LogP contribution in [-0.4, -0.2) is 46.8 Å². The average molecular weight is 440 g/mol. The number of hydrogen-bond acceptors (Lipinski definition) is 6. The fourth-order valence-electron chi connectivity index (χ4n) is 2.56. The number of hydrogen-bond donors (Lipinski definition) is 0. The Labute approximate surface area is 160 Å². The minimum atomic E-state index is -0.627. The average Bonchev–Trinajstić information content (AvgIpc) is 3.08. The number of nitrogens with zero attached hydrogens (tertiary/aromatic N) is 3. The summed E-state index contributed by atoms with van der Waals surface area (Å²) in [5.74, 6) is -1.85. The highest BCUT2D eigenvalue weighted by atomic mass is 79.9. The maximum absolute atomic E-state index is 12.3. The number of ether oxygens (including phenoxy) is 1. The van der Waals surface area contributed by atoms with Crippen molar-refractivity contribution in [3.8, 4) is 0 Å². The van der Waals surface area contributed by atoms with E-state index >= 15 is 0 Å². The Kier molecular flexibility index (Phi) is 5.33. The van der Waals surface area contributed by atoms with Gasteiger partial charge in [0.25, 0.3) is 5.91 Å². The van der Waals surface area contributed by atoms with Crippen molar-refractivity contribution in [1.82, 2.24) is 9.47 Å². The first-order valence-corrected chi connectivity index (χ1v) is 9.26. The van der Waals surface area contributed by atoms with E-state index in [1.807, 2.05) is 12.1 Å². The zero-order valence-corrected chi connectivity index (χ0v) is 16.1. The molecule has 0 bridgehead atoms. The van der Waals surface area contributed by atoms with Gasteiger partial charge in [-0.1, -0.05) is 27.3 Å². The first kappa shape index (κ1) is 18.5. The normalized spacial score (nSPS) is 15.2. The fourth-order valence-corrected chi connectivity index (χ4v) is 4.15. The van der Waals surface area contributed by atoms with E-state index in [0.29, 0.717) is 4.80 Å². The van der Waals surface area contributed by atoms with Gasteiger partial charge in [-0.25, -0.2) is 0 Å². The molecule has 0 aliphatic carbocycles. The van der Waals surface area contributed by atoms with Crippen LogP contribution in [0.1, 0.15) is 12.8 Å². The smallest absolute Gasteiger partial charge is 0.325 e. The van der Waals surface area contributed by atoms with Crippen LogP contribution in [0.4, 0.5) is 0 Å². The molecule has 0 radical (unpaired) electrons. The molecule has 1 aromatic heterocycles. The van der Waals surface area contributed by atoms with Gasteiger partial charge < -0.3 is 9.30 Å². The summed E-state index contributed by atoms with van der Waals surface area (Å²) in [6.45, 7) is -0.500. The van der Waals surface area contributed by atoms with E-state index in [0.717, 1.165) is 19.6 Å². The molecular weight excluding hydrogens is 426 g/mol. The van der Waals surface area contributed by atoms with Crippen LogP contribution in [0.25, 0.3) is 10.2 Å². The van der Waals surface area contributed by atoms with Crippen LogP contribution in [0.3, 0.4) is 0 Å². The molecule has 3 amide bonds. The summed E-state index contributed by atoms with van der Waals surface area (Å²) in [5.41, 5.74) is 0.725. The Hall–Kier alpha value is -2.33. The Balaban J connectivity index is 1.99. The standard InChI is InChI=1S/C16H14BrN3O5S/c1-25-15(24)8-19-10-3-2-9(17)6-11(10)26-16(19)18-12(21)7-20-13(22)4-5-14(20)23/h2-3,6H,4-5,7-8H2,1H3. The van der Waals surface area contributed by atoms with Crippen molar-refractivity contribution in [3.05, 3.63) is 27.5 Å². The van der Waals surface area contributed by atoms with Crippen molar-refractivity contribution in [1.29, 1.82) is 0 Å². The minimum Gasteiger partial charge on any atom is -0.468 e. The second-order valence-corrected chi connectivity index (χ2v) is 7.46. The number of halogens is 1. The van der Waals surface area contributed by atoms with Crippen molar-refractivity contribution in [2.75, 3.05) is 13.7 Å². The van der Waals surface area contributed by atoms with Crippen LogP contribution >= 0.6 is 27.3 Å². The van der Waals surface area contributed by atoms with Crippen LogP contribution in [-0.2, 0) is 30.5 Å². The number of likely N-dealkylation sites (tertiary alicyclic amines) is 1. The number of carbonyl (C=O) groups excluding carboxylic acids is 4. The molecule has 0 saturated carbocycles. The predicted molar refractivity (Wildman–Crippen MR) is 96.1 cm³/mol. The molecule has 10 heteroatoms. The Morgan fingerprint density at radius 2 is 1.92 bits per heavy atom. The summed E-state index contributed by atoms with van der Waals surface area (Å²) in [6.07, 6.45) is 0.233. The number of imide groups is 1. The van der Waals surface area contributed by atoms with Crippen LogP contribution in [0.2, 0.25) is 0 Å². The van der Waals surface area contributed by atoms with E-state index in [1.165, 1.54) is 18.4 Å². The van der Waals surface area contributed by atoms with Crippen molar-refractivity contribution in [2.24, 2.45) is 4.99 Å². The maximum atomic E-state index is 12.3. The molecule has 26 heavy (non-hydrogen) atoms. The molecule has 8 nitrogen and oxygen atoms in total. The number of rotatable bonds is 4. The number of benzene rings is 1. The van der Waals surface area contributed by atoms with Crippen LogP contribution < -0.4 is 4.80 Å². The largest absolute Gasteiger partial charge is 0.468 e. The van der Waals surface area contributed by atoms with Gasteiger partial charge in [0, 0.05) is 17.3 Å². The van der Waals surface area contributed by atoms with Crippen LogP contribution in [0.15, 0.2) is 27.7 Å². The third-order valence-corrected chi connectivity index (χ3v) is 5.36. The Morgan fingerprint density at radius 1 is 1.23 bits per heavy atom. The Bertz CT molecular complexity index is 977. The number of amides is 3. The van der Waals surface area contributed by atoms with E-state index in [-0.39, 0.29) is 31.2 Å². The summed E-state index contributed by atoms with van der Waals surface area (Å²) in [5, 5.41) is 0. The molecule has 1 saturated heterocycles. The minimum absolute atomic E-state index is 0.105. The molecule has 1 aliphatic heterocycles. The number of methoxy groups -OCH3 is 1. The number of carbonyl (C=O) groups is 4. The first-order valence-electron chi connectivity index (χ1n) is 7.65. The van der Waals surface area contributed by atoms with E-state index in [1.54, 1.807) is 10.6 Å². The van der Waals surface area contributed by atoms with Gasteiger partial charge in [0.2, 0.25) is 11.8 Å². The number of aromatic nitrogens is 1. The maximum Gasteiger partial charge on any atom is 0.325 e. The van der Waals surface area contributed by atoms with E-state index in [2.05, 4.69) is 20.9 Å². The van der Waals surface area contributed by atoms with Crippen LogP contribution in [0.5, 0.6) is 0 Å². The molecule has 0 spiro atoms. The number of fused-ring (bicyclic) bond motifs is 1.